The van der Waals surface area contributed by atoms with Gasteiger partial charge in [-0.15, -0.1) is 0 Å². The summed E-state index contributed by atoms with van der Waals surface area (Å²) in [5.41, 5.74) is 4.67. The highest BCUT2D eigenvalue weighted by Gasteiger charge is 2.30. The molecule has 0 aliphatic carbocycles. The van der Waals surface area contributed by atoms with Crippen LogP contribution in [0.15, 0.2) is 53.6 Å². The molecule has 4 heterocycles. The van der Waals surface area contributed by atoms with Crippen molar-refractivity contribution in [3.05, 3.63) is 70.3 Å². The lowest BCUT2D eigenvalue weighted by Crippen LogP contribution is -2.39. The van der Waals surface area contributed by atoms with Crippen LogP contribution in [0.4, 0.5) is 11.6 Å². The smallest absolute Gasteiger partial charge is 0.277 e. The number of hydrogen-bond acceptors (Lipinski definition) is 8. The molecule has 9 heteroatoms. The first-order valence-electron chi connectivity index (χ1n) is 11.7. The molecule has 0 bridgehead atoms. The van der Waals surface area contributed by atoms with Crippen molar-refractivity contribution in [3.8, 4) is 11.4 Å². The molecule has 2 N–H and O–H groups in total. The predicted molar refractivity (Wildman–Crippen MR) is 136 cm³/mol. The van der Waals surface area contributed by atoms with Gasteiger partial charge in [-0.2, -0.15) is 5.10 Å². The summed E-state index contributed by atoms with van der Waals surface area (Å²) in [4.78, 5) is 28.8. The van der Waals surface area contributed by atoms with E-state index in [1.807, 2.05) is 24.3 Å². The number of nitrogens with zero attached hydrogens (tertiary/aromatic N) is 6. The first-order chi connectivity index (χ1) is 16.7. The quantitative estimate of drug-likeness (QED) is 0.457. The minimum absolute atomic E-state index is 0.0640. The summed E-state index contributed by atoms with van der Waals surface area (Å²) >= 11 is 0. The molecule has 1 aliphatic heterocycles. The molecule has 1 atom stereocenters. The van der Waals surface area contributed by atoms with E-state index >= 15 is 0 Å². The number of aromatic nitrogens is 5. The highest BCUT2D eigenvalue weighted by Crippen LogP contribution is 2.34. The lowest BCUT2D eigenvalue weighted by molar-refractivity contribution is 0.166. The molecule has 0 radical (unpaired) electrons. The molecule has 35 heavy (non-hydrogen) atoms. The van der Waals surface area contributed by atoms with E-state index < -0.39 is 6.10 Å². The highest BCUT2D eigenvalue weighted by atomic mass is 16.3. The van der Waals surface area contributed by atoms with Gasteiger partial charge in [-0.1, -0.05) is 26.0 Å². The minimum Gasteiger partial charge on any atom is -0.391 e. The van der Waals surface area contributed by atoms with Gasteiger partial charge >= 0.3 is 0 Å². The lowest BCUT2D eigenvalue weighted by Gasteiger charge is -2.38. The molecule has 1 unspecified atom stereocenters. The maximum absolute atomic E-state index is 13.0. The van der Waals surface area contributed by atoms with Crippen LogP contribution in [-0.4, -0.2) is 54.4 Å². The zero-order valence-corrected chi connectivity index (χ0v) is 20.4. The average Bonchev–Trinajstić information content (AvgIpc) is 2.80. The largest absolute Gasteiger partial charge is 0.391 e. The van der Waals surface area contributed by atoms with Gasteiger partial charge in [-0.3, -0.25) is 9.78 Å². The Hall–Kier alpha value is -3.69. The first-order valence-corrected chi connectivity index (χ1v) is 11.7. The van der Waals surface area contributed by atoms with Gasteiger partial charge in [0, 0.05) is 36.6 Å². The second-order valence-corrected chi connectivity index (χ2v) is 9.91. The molecular formula is C26H29N7O2. The van der Waals surface area contributed by atoms with Gasteiger partial charge in [0.15, 0.2) is 0 Å². The first kappa shape index (κ1) is 23.1. The van der Waals surface area contributed by atoms with Crippen LogP contribution in [0.3, 0.4) is 0 Å². The number of aliphatic hydroxyl groups excluding tert-OH is 1. The predicted octanol–water partition coefficient (Wildman–Crippen LogP) is 3.10. The number of nitrogens with one attached hydrogen (secondary N) is 1. The normalized spacial score (nSPS) is 16.1. The van der Waals surface area contributed by atoms with Gasteiger partial charge in [0.05, 0.1) is 23.7 Å². The highest BCUT2D eigenvalue weighted by molar-refractivity contribution is 5.89. The molecule has 0 spiro atoms. The summed E-state index contributed by atoms with van der Waals surface area (Å²) in [7, 11) is 2.13. The average molecular weight is 472 g/mol. The Morgan fingerprint density at radius 3 is 2.77 bits per heavy atom. The zero-order chi connectivity index (χ0) is 24.7. The maximum Gasteiger partial charge on any atom is 0.277 e. The molecule has 5 rings (SSSR count). The number of pyridine rings is 1. The van der Waals surface area contributed by atoms with Crippen LogP contribution < -0.4 is 10.9 Å². The molecule has 0 fully saturated rings. The van der Waals surface area contributed by atoms with Crippen molar-refractivity contribution in [3.63, 3.8) is 0 Å². The van der Waals surface area contributed by atoms with Gasteiger partial charge in [0.25, 0.3) is 5.56 Å². The molecule has 3 aromatic heterocycles. The second-order valence-electron chi connectivity index (χ2n) is 9.91. The molecule has 9 nitrogen and oxygen atoms in total. The fraction of sp³-hybridized carbons (Fsp3) is 0.346. The second kappa shape index (κ2) is 8.83. The van der Waals surface area contributed by atoms with Crippen molar-refractivity contribution in [2.75, 3.05) is 18.9 Å². The van der Waals surface area contributed by atoms with Crippen LogP contribution >= 0.6 is 0 Å². The molecule has 0 amide bonds. The Balaban J connectivity index is 1.58. The van der Waals surface area contributed by atoms with E-state index in [0.717, 1.165) is 18.8 Å². The van der Waals surface area contributed by atoms with Gasteiger partial charge in [0.1, 0.15) is 11.2 Å². The summed E-state index contributed by atoms with van der Waals surface area (Å²) in [6, 6.07) is 11.8. The van der Waals surface area contributed by atoms with E-state index in [-0.39, 0.29) is 17.5 Å². The fourth-order valence-electron chi connectivity index (χ4n) is 4.88. The van der Waals surface area contributed by atoms with Crippen molar-refractivity contribution < 1.29 is 5.11 Å². The summed E-state index contributed by atoms with van der Waals surface area (Å²) in [6.45, 7) is 8.09. The number of aliphatic hydroxyl groups is 1. The Morgan fingerprint density at radius 1 is 1.20 bits per heavy atom. The summed E-state index contributed by atoms with van der Waals surface area (Å²) < 4.78 is 1.25. The van der Waals surface area contributed by atoms with E-state index in [9.17, 15) is 9.90 Å². The van der Waals surface area contributed by atoms with Crippen molar-refractivity contribution in [1.82, 2.24) is 29.6 Å². The lowest BCUT2D eigenvalue weighted by atomic mass is 9.78. The van der Waals surface area contributed by atoms with E-state index in [2.05, 4.69) is 63.3 Å². The summed E-state index contributed by atoms with van der Waals surface area (Å²) in [5.74, 6) is 0.368. The molecule has 0 saturated carbocycles. The molecule has 0 saturated heterocycles. The van der Waals surface area contributed by atoms with Crippen molar-refractivity contribution in [2.24, 2.45) is 0 Å². The Labute approximate surface area is 203 Å². The SMILES string of the molecule is CC(O)Cn1nc(-c2ccccn2)c2nc(Nc3ccc4c(c3)CN(C)CC4(C)C)ncc2c1=O. The number of anilines is 2. The van der Waals surface area contributed by atoms with Crippen molar-refractivity contribution in [1.29, 1.82) is 0 Å². The third-order valence-electron chi connectivity index (χ3n) is 6.24. The summed E-state index contributed by atoms with van der Waals surface area (Å²) in [6.07, 6.45) is 2.44. The van der Waals surface area contributed by atoms with Crippen LogP contribution in [0, 0.1) is 0 Å². The zero-order valence-electron chi connectivity index (χ0n) is 20.4. The van der Waals surface area contributed by atoms with Gasteiger partial charge in [-0.25, -0.2) is 14.6 Å². The number of hydrogen-bond donors (Lipinski definition) is 2. The minimum atomic E-state index is -0.732. The van der Waals surface area contributed by atoms with E-state index in [4.69, 9.17) is 0 Å². The van der Waals surface area contributed by atoms with Gasteiger partial charge < -0.3 is 15.3 Å². The fourth-order valence-corrected chi connectivity index (χ4v) is 4.88. The van der Waals surface area contributed by atoms with Crippen LogP contribution in [0.2, 0.25) is 0 Å². The molecule has 1 aromatic carbocycles. The third-order valence-corrected chi connectivity index (χ3v) is 6.24. The van der Waals surface area contributed by atoms with Crippen LogP contribution in [-0.2, 0) is 18.5 Å². The Morgan fingerprint density at radius 2 is 2.03 bits per heavy atom. The van der Waals surface area contributed by atoms with E-state index in [1.54, 1.807) is 13.1 Å². The molecule has 180 valence electrons. The number of benzene rings is 1. The monoisotopic (exact) mass is 471 g/mol. The number of fused-ring (bicyclic) bond motifs is 2. The van der Waals surface area contributed by atoms with E-state index in [0.29, 0.717) is 28.2 Å². The Kier molecular flexibility index (Phi) is 5.82. The van der Waals surface area contributed by atoms with E-state index in [1.165, 1.54) is 22.0 Å². The topological polar surface area (TPSA) is 109 Å². The summed E-state index contributed by atoms with van der Waals surface area (Å²) in [5, 5.41) is 18.0. The van der Waals surface area contributed by atoms with Crippen LogP contribution in [0.5, 0.6) is 0 Å². The standard InChI is InChI=1S/C26H29N7O2/c1-16(34)13-33-24(35)19-12-28-25(30-22(19)23(31-33)21-7-5-6-10-27-21)29-18-8-9-20-17(11-18)14-32(4)15-26(20,2)3/h5-12,16,34H,13-15H2,1-4H3,(H,28,29,30). The van der Waals surface area contributed by atoms with Crippen LogP contribution in [0.25, 0.3) is 22.3 Å². The maximum atomic E-state index is 13.0. The van der Waals surface area contributed by atoms with Crippen LogP contribution in [0.1, 0.15) is 31.9 Å². The Bertz CT molecular complexity index is 1450. The molecular weight excluding hydrogens is 442 g/mol. The van der Waals surface area contributed by atoms with Gasteiger partial charge in [-0.05, 0) is 49.4 Å². The van der Waals surface area contributed by atoms with Gasteiger partial charge in [0.2, 0.25) is 5.95 Å². The number of rotatable bonds is 5. The van der Waals surface area contributed by atoms with Crippen molar-refractivity contribution >= 4 is 22.5 Å². The molecule has 4 aromatic rings. The number of likely N-dealkylation sites (N-methyl/N-ethyl adjacent to an activating group) is 1. The van der Waals surface area contributed by atoms with Crippen molar-refractivity contribution in [2.45, 2.75) is 45.4 Å². The third kappa shape index (κ3) is 4.52. The molecule has 1 aliphatic rings.